The Labute approximate surface area is 194 Å². The quantitative estimate of drug-likeness (QED) is 0.643. The van der Waals surface area contributed by atoms with Crippen molar-refractivity contribution in [2.24, 2.45) is 0 Å². The van der Waals surface area contributed by atoms with Crippen molar-refractivity contribution in [2.75, 3.05) is 44.3 Å². The second-order valence-corrected chi connectivity index (χ2v) is 9.79. The summed E-state index contributed by atoms with van der Waals surface area (Å²) >= 11 is 0. The number of aromatic nitrogens is 4. The van der Waals surface area contributed by atoms with Crippen LogP contribution in [0.1, 0.15) is 42.1 Å². The van der Waals surface area contributed by atoms with Gasteiger partial charge in [-0.2, -0.15) is 5.10 Å². The van der Waals surface area contributed by atoms with Gasteiger partial charge in [-0.3, -0.25) is 0 Å². The molecule has 5 heterocycles. The van der Waals surface area contributed by atoms with Crippen molar-refractivity contribution in [3.63, 3.8) is 0 Å². The molecule has 3 aliphatic rings. The molecule has 1 aromatic carbocycles. The first-order valence-corrected chi connectivity index (χ1v) is 12.1. The van der Waals surface area contributed by atoms with E-state index in [1.54, 1.807) is 0 Å². The fourth-order valence-corrected chi connectivity index (χ4v) is 5.91. The molecule has 2 bridgehead atoms. The van der Waals surface area contributed by atoms with E-state index in [0.717, 1.165) is 80.4 Å². The van der Waals surface area contributed by atoms with Gasteiger partial charge < -0.3 is 19.6 Å². The Morgan fingerprint density at radius 1 is 1.09 bits per heavy atom. The van der Waals surface area contributed by atoms with Crippen LogP contribution < -0.4 is 4.90 Å². The fourth-order valence-electron chi connectivity index (χ4n) is 5.91. The Balaban J connectivity index is 1.34. The number of fused-ring (bicyclic) bond motifs is 3. The predicted molar refractivity (Wildman–Crippen MR) is 127 cm³/mol. The molecule has 33 heavy (non-hydrogen) atoms. The Morgan fingerprint density at radius 3 is 2.64 bits per heavy atom. The molecule has 3 saturated heterocycles. The third-order valence-electron chi connectivity index (χ3n) is 7.62. The maximum absolute atomic E-state index is 9.25. The monoisotopic (exact) mass is 448 g/mol. The number of likely N-dealkylation sites (tertiary alicyclic amines) is 1. The Bertz CT molecular complexity index is 1170. The zero-order valence-corrected chi connectivity index (χ0v) is 19.4. The summed E-state index contributed by atoms with van der Waals surface area (Å²) in [6.45, 7) is 8.95. The average molecular weight is 449 g/mol. The van der Waals surface area contributed by atoms with Crippen molar-refractivity contribution in [2.45, 2.75) is 51.2 Å². The highest BCUT2D eigenvalue weighted by Crippen LogP contribution is 2.35. The molecule has 2 atom stereocenters. The number of aliphatic hydroxyl groups excluding tert-OH is 1. The van der Waals surface area contributed by atoms with Crippen molar-refractivity contribution in [3.8, 4) is 5.82 Å². The normalized spacial score (nSPS) is 23.8. The van der Waals surface area contributed by atoms with Crippen molar-refractivity contribution in [1.29, 1.82) is 0 Å². The summed E-state index contributed by atoms with van der Waals surface area (Å²) in [6.07, 6.45) is 5.60. The molecule has 174 valence electrons. The lowest BCUT2D eigenvalue weighted by molar-refractivity contribution is 0.0988. The SMILES string of the molecule is Cc1nc(N2C[C@H]3C[C@@H]2CO3)cc(-n2ncc3cc(C)c(C4CCN(CCO)CC4)cc32)n1. The summed E-state index contributed by atoms with van der Waals surface area (Å²) in [6, 6.07) is 7.08. The van der Waals surface area contributed by atoms with E-state index in [1.165, 1.54) is 11.1 Å². The van der Waals surface area contributed by atoms with E-state index in [9.17, 15) is 5.11 Å². The lowest BCUT2D eigenvalue weighted by atomic mass is 9.86. The van der Waals surface area contributed by atoms with Gasteiger partial charge in [0.1, 0.15) is 11.6 Å². The summed E-state index contributed by atoms with van der Waals surface area (Å²) in [5.74, 6) is 3.10. The standard InChI is InChI=1S/C25H32N6O2/c1-16-9-19-13-26-31(23(19)11-22(16)18-3-5-29(6-4-18)7-8-32)25-12-24(27-17(2)28-25)30-14-21-10-20(30)15-33-21/h9,11-13,18,20-21,32H,3-8,10,14-15H2,1-2H3/t20-,21-/m1/s1. The second-order valence-electron chi connectivity index (χ2n) is 9.79. The molecule has 3 aromatic rings. The van der Waals surface area contributed by atoms with Crippen molar-refractivity contribution in [3.05, 3.63) is 41.3 Å². The first-order valence-electron chi connectivity index (χ1n) is 12.1. The van der Waals surface area contributed by atoms with Gasteiger partial charge in [-0.1, -0.05) is 0 Å². The smallest absolute Gasteiger partial charge is 0.159 e. The third-order valence-corrected chi connectivity index (χ3v) is 7.62. The van der Waals surface area contributed by atoms with E-state index in [-0.39, 0.29) is 6.61 Å². The maximum atomic E-state index is 9.25. The van der Waals surface area contributed by atoms with Crippen LogP contribution in [0.3, 0.4) is 0 Å². The largest absolute Gasteiger partial charge is 0.395 e. The number of hydrogen-bond donors (Lipinski definition) is 1. The van der Waals surface area contributed by atoms with Gasteiger partial charge in [0.25, 0.3) is 0 Å². The summed E-state index contributed by atoms with van der Waals surface area (Å²) in [5.41, 5.74) is 3.84. The topological polar surface area (TPSA) is 79.5 Å². The van der Waals surface area contributed by atoms with E-state index >= 15 is 0 Å². The highest BCUT2D eigenvalue weighted by Gasteiger charge is 2.39. The number of aryl methyl sites for hydroxylation is 2. The van der Waals surface area contributed by atoms with Gasteiger partial charge in [-0.25, -0.2) is 14.6 Å². The van der Waals surface area contributed by atoms with E-state index in [0.29, 0.717) is 18.1 Å². The highest BCUT2D eigenvalue weighted by atomic mass is 16.5. The minimum absolute atomic E-state index is 0.237. The molecule has 3 fully saturated rings. The molecule has 0 spiro atoms. The summed E-state index contributed by atoms with van der Waals surface area (Å²) in [7, 11) is 0. The molecule has 0 unspecified atom stereocenters. The van der Waals surface area contributed by atoms with Gasteiger partial charge in [-0.15, -0.1) is 0 Å². The molecule has 0 amide bonds. The summed E-state index contributed by atoms with van der Waals surface area (Å²) in [4.78, 5) is 14.2. The number of piperidine rings is 1. The summed E-state index contributed by atoms with van der Waals surface area (Å²) < 4.78 is 7.75. The van der Waals surface area contributed by atoms with Crippen LogP contribution in [0.15, 0.2) is 24.4 Å². The first-order chi connectivity index (χ1) is 16.1. The van der Waals surface area contributed by atoms with Gasteiger partial charge in [0, 0.05) is 24.5 Å². The van der Waals surface area contributed by atoms with Crippen molar-refractivity contribution < 1.29 is 9.84 Å². The number of β-amino-alcohol motifs (C(OH)–C–C–N with tert-alkyl or cyclic N) is 1. The van der Waals surface area contributed by atoms with Crippen LogP contribution >= 0.6 is 0 Å². The lowest BCUT2D eigenvalue weighted by Gasteiger charge is -2.32. The molecular weight excluding hydrogens is 416 g/mol. The highest BCUT2D eigenvalue weighted by molar-refractivity contribution is 5.82. The van der Waals surface area contributed by atoms with Crippen LogP contribution in [0.2, 0.25) is 0 Å². The molecule has 0 saturated carbocycles. The molecule has 8 heteroatoms. The Morgan fingerprint density at radius 2 is 1.91 bits per heavy atom. The summed E-state index contributed by atoms with van der Waals surface area (Å²) in [5, 5.41) is 15.1. The Kier molecular flexibility index (Phi) is 5.31. The maximum Gasteiger partial charge on any atom is 0.159 e. The van der Waals surface area contributed by atoms with Gasteiger partial charge in [0.05, 0.1) is 37.1 Å². The molecule has 6 rings (SSSR count). The molecule has 3 aliphatic heterocycles. The molecule has 1 N–H and O–H groups in total. The lowest BCUT2D eigenvalue weighted by Crippen LogP contribution is -2.37. The van der Waals surface area contributed by atoms with Crippen LogP contribution in [-0.4, -0.2) is 81.3 Å². The van der Waals surface area contributed by atoms with Gasteiger partial charge >= 0.3 is 0 Å². The zero-order valence-electron chi connectivity index (χ0n) is 19.4. The number of nitrogens with zero attached hydrogens (tertiary/aromatic N) is 6. The molecule has 0 aliphatic carbocycles. The van der Waals surface area contributed by atoms with Crippen molar-refractivity contribution in [1.82, 2.24) is 24.6 Å². The van der Waals surface area contributed by atoms with E-state index in [4.69, 9.17) is 19.8 Å². The predicted octanol–water partition coefficient (Wildman–Crippen LogP) is 2.58. The average Bonchev–Trinajstić information content (AvgIpc) is 3.55. The number of hydrogen-bond acceptors (Lipinski definition) is 7. The van der Waals surface area contributed by atoms with E-state index < -0.39 is 0 Å². The fraction of sp³-hybridized carbons (Fsp3) is 0.560. The van der Waals surface area contributed by atoms with Crippen LogP contribution in [-0.2, 0) is 4.74 Å². The Hall–Kier alpha value is -2.55. The van der Waals surface area contributed by atoms with Crippen LogP contribution in [0.25, 0.3) is 16.7 Å². The van der Waals surface area contributed by atoms with Crippen LogP contribution in [0, 0.1) is 13.8 Å². The van der Waals surface area contributed by atoms with Gasteiger partial charge in [0.15, 0.2) is 5.82 Å². The molecule has 8 nitrogen and oxygen atoms in total. The van der Waals surface area contributed by atoms with Crippen LogP contribution in [0.4, 0.5) is 5.82 Å². The number of benzene rings is 1. The van der Waals surface area contributed by atoms with Gasteiger partial charge in [-0.05, 0) is 75.4 Å². The molecular formula is C25H32N6O2. The number of anilines is 1. The first kappa shape index (κ1) is 21.0. The number of ether oxygens (including phenoxy) is 1. The molecule has 2 aromatic heterocycles. The number of morpholine rings is 1. The minimum atomic E-state index is 0.237. The van der Waals surface area contributed by atoms with E-state index in [1.807, 2.05) is 17.8 Å². The zero-order chi connectivity index (χ0) is 22.5. The second kappa shape index (κ2) is 8.34. The van der Waals surface area contributed by atoms with Crippen LogP contribution in [0.5, 0.6) is 0 Å². The minimum Gasteiger partial charge on any atom is -0.395 e. The third kappa shape index (κ3) is 3.80. The number of aliphatic hydroxyl groups is 1. The van der Waals surface area contributed by atoms with E-state index in [2.05, 4.69) is 34.9 Å². The van der Waals surface area contributed by atoms with Crippen molar-refractivity contribution >= 4 is 16.7 Å². The molecule has 0 radical (unpaired) electrons. The van der Waals surface area contributed by atoms with Gasteiger partial charge in [0.2, 0.25) is 0 Å². The number of rotatable bonds is 5.